The van der Waals surface area contributed by atoms with Crippen LogP contribution >= 0.6 is 11.3 Å². The Kier molecular flexibility index (Phi) is 4.38. The van der Waals surface area contributed by atoms with E-state index in [2.05, 4.69) is 15.2 Å². The Hall–Kier alpha value is -2.67. The standard InChI is InChI=1S/C16H14N2O4S/c1-21-16(20)13-7-8-14(23-13)17-15(19)12-9-11(18-22-12)10-5-3-2-4-6-10/h2-8,12H,9H2,1H3,(H,17,19). The van der Waals surface area contributed by atoms with E-state index < -0.39 is 12.1 Å². The molecular formula is C16H14N2O4S. The number of benzene rings is 1. The molecule has 1 aromatic carbocycles. The minimum atomic E-state index is -0.672. The van der Waals surface area contributed by atoms with Crippen molar-refractivity contribution in [3.63, 3.8) is 0 Å². The number of thiophene rings is 1. The fourth-order valence-electron chi connectivity index (χ4n) is 2.14. The van der Waals surface area contributed by atoms with Gasteiger partial charge in [-0.1, -0.05) is 35.5 Å². The monoisotopic (exact) mass is 330 g/mol. The summed E-state index contributed by atoms with van der Waals surface area (Å²) in [6.07, 6.45) is -0.265. The molecule has 0 fully saturated rings. The highest BCUT2D eigenvalue weighted by molar-refractivity contribution is 7.18. The van der Waals surface area contributed by atoms with E-state index in [9.17, 15) is 9.59 Å². The Balaban J connectivity index is 1.60. The highest BCUT2D eigenvalue weighted by Crippen LogP contribution is 2.24. The largest absolute Gasteiger partial charge is 0.465 e. The molecule has 0 bridgehead atoms. The fraction of sp³-hybridized carbons (Fsp3) is 0.188. The van der Waals surface area contributed by atoms with E-state index in [1.807, 2.05) is 30.3 Å². The van der Waals surface area contributed by atoms with Gasteiger partial charge in [-0.3, -0.25) is 4.79 Å². The van der Waals surface area contributed by atoms with E-state index in [1.54, 1.807) is 12.1 Å². The highest BCUT2D eigenvalue weighted by Gasteiger charge is 2.29. The number of carbonyl (C=O) groups excluding carboxylic acids is 2. The van der Waals surface area contributed by atoms with Crippen LogP contribution < -0.4 is 5.32 Å². The quantitative estimate of drug-likeness (QED) is 0.874. The number of rotatable bonds is 4. The van der Waals surface area contributed by atoms with Gasteiger partial charge in [0.25, 0.3) is 5.91 Å². The number of oxime groups is 1. The molecule has 0 saturated heterocycles. The van der Waals surface area contributed by atoms with E-state index in [-0.39, 0.29) is 5.91 Å². The molecule has 0 radical (unpaired) electrons. The van der Waals surface area contributed by atoms with Crippen molar-refractivity contribution in [3.8, 4) is 0 Å². The van der Waals surface area contributed by atoms with Gasteiger partial charge < -0.3 is 14.9 Å². The molecule has 1 aliphatic rings. The Bertz CT molecular complexity index is 754. The molecule has 23 heavy (non-hydrogen) atoms. The smallest absolute Gasteiger partial charge is 0.348 e. The summed E-state index contributed by atoms with van der Waals surface area (Å²) in [6, 6.07) is 12.8. The van der Waals surface area contributed by atoms with Crippen molar-refractivity contribution in [3.05, 3.63) is 52.9 Å². The fourth-order valence-corrected chi connectivity index (χ4v) is 2.96. The lowest BCUT2D eigenvalue weighted by Gasteiger charge is -2.07. The van der Waals surface area contributed by atoms with Crippen molar-refractivity contribution in [2.75, 3.05) is 12.4 Å². The average molecular weight is 330 g/mol. The summed E-state index contributed by atoms with van der Waals surface area (Å²) >= 11 is 1.15. The lowest BCUT2D eigenvalue weighted by atomic mass is 10.1. The SMILES string of the molecule is COC(=O)c1ccc(NC(=O)C2CC(c3ccccc3)=NO2)s1. The van der Waals surface area contributed by atoms with Crippen molar-refractivity contribution < 1.29 is 19.2 Å². The molecule has 2 heterocycles. The van der Waals surface area contributed by atoms with E-state index in [1.165, 1.54) is 7.11 Å². The topological polar surface area (TPSA) is 77.0 Å². The van der Waals surface area contributed by atoms with Crippen LogP contribution in [-0.2, 0) is 14.4 Å². The molecule has 1 unspecified atom stereocenters. The lowest BCUT2D eigenvalue weighted by Crippen LogP contribution is -2.27. The summed E-state index contributed by atoms with van der Waals surface area (Å²) in [5.74, 6) is -0.722. The minimum absolute atomic E-state index is 0.294. The Morgan fingerprint density at radius 2 is 2.04 bits per heavy atom. The second kappa shape index (κ2) is 6.62. The second-order valence-corrected chi connectivity index (χ2v) is 5.93. The first kappa shape index (κ1) is 15.2. The van der Waals surface area contributed by atoms with Crippen molar-refractivity contribution >= 4 is 33.9 Å². The zero-order valence-corrected chi connectivity index (χ0v) is 13.1. The summed E-state index contributed by atoms with van der Waals surface area (Å²) in [4.78, 5) is 29.3. The van der Waals surface area contributed by atoms with Crippen LogP contribution in [0.3, 0.4) is 0 Å². The lowest BCUT2D eigenvalue weighted by molar-refractivity contribution is -0.125. The predicted molar refractivity (Wildman–Crippen MR) is 86.8 cm³/mol. The Labute approximate surface area is 136 Å². The van der Waals surface area contributed by atoms with E-state index in [0.717, 1.165) is 22.6 Å². The number of methoxy groups -OCH3 is 1. The number of carbonyl (C=O) groups is 2. The van der Waals surface area contributed by atoms with Crippen LogP contribution in [0.2, 0.25) is 0 Å². The van der Waals surface area contributed by atoms with Crippen LogP contribution in [0.5, 0.6) is 0 Å². The average Bonchev–Trinajstić information content (AvgIpc) is 3.24. The molecule has 1 amide bonds. The summed E-state index contributed by atoms with van der Waals surface area (Å²) < 4.78 is 4.63. The number of amides is 1. The maximum Gasteiger partial charge on any atom is 0.348 e. The van der Waals surface area contributed by atoms with E-state index >= 15 is 0 Å². The number of ether oxygens (including phenoxy) is 1. The first-order valence-electron chi connectivity index (χ1n) is 6.94. The molecule has 1 atom stereocenters. The first-order chi connectivity index (χ1) is 11.2. The van der Waals surface area contributed by atoms with Crippen LogP contribution in [0, 0.1) is 0 Å². The number of hydrogen-bond acceptors (Lipinski definition) is 6. The molecule has 1 aliphatic heterocycles. The molecule has 1 N–H and O–H groups in total. The maximum atomic E-state index is 12.2. The van der Waals surface area contributed by atoms with Crippen molar-refractivity contribution in [1.29, 1.82) is 0 Å². The van der Waals surface area contributed by atoms with Crippen molar-refractivity contribution in [2.45, 2.75) is 12.5 Å². The number of anilines is 1. The van der Waals surface area contributed by atoms with E-state index in [0.29, 0.717) is 16.3 Å². The van der Waals surface area contributed by atoms with Gasteiger partial charge in [0, 0.05) is 6.42 Å². The third kappa shape index (κ3) is 3.40. The van der Waals surface area contributed by atoms with Crippen molar-refractivity contribution in [1.82, 2.24) is 0 Å². The number of esters is 1. The van der Waals surface area contributed by atoms with Gasteiger partial charge in [-0.05, 0) is 17.7 Å². The van der Waals surface area contributed by atoms with E-state index in [4.69, 9.17) is 4.84 Å². The normalized spacial score (nSPS) is 16.4. The molecular weight excluding hydrogens is 316 g/mol. The van der Waals surface area contributed by atoms with Gasteiger partial charge in [-0.25, -0.2) is 4.79 Å². The first-order valence-corrected chi connectivity index (χ1v) is 7.76. The maximum absolute atomic E-state index is 12.2. The summed E-state index contributed by atoms with van der Waals surface area (Å²) in [5.41, 5.74) is 1.68. The van der Waals surface area contributed by atoms with Gasteiger partial charge in [0.15, 0.2) is 0 Å². The van der Waals surface area contributed by atoms with Crippen LogP contribution in [0.25, 0.3) is 0 Å². The Morgan fingerprint density at radius 3 is 2.78 bits per heavy atom. The van der Waals surface area contributed by atoms with Crippen molar-refractivity contribution in [2.24, 2.45) is 5.16 Å². The second-order valence-electron chi connectivity index (χ2n) is 4.85. The number of hydrogen-bond donors (Lipinski definition) is 1. The van der Waals surface area contributed by atoms with Crippen LogP contribution in [-0.4, -0.2) is 30.8 Å². The molecule has 0 spiro atoms. The summed E-state index contributed by atoms with van der Waals surface area (Å²) in [5, 5.41) is 7.27. The molecule has 7 heteroatoms. The van der Waals surface area contributed by atoms with Gasteiger partial charge in [0.05, 0.1) is 17.8 Å². The molecule has 2 aromatic rings. The Morgan fingerprint density at radius 1 is 1.26 bits per heavy atom. The predicted octanol–water partition coefficient (Wildman–Crippen LogP) is 2.67. The van der Waals surface area contributed by atoms with Gasteiger partial charge in [-0.15, -0.1) is 11.3 Å². The summed E-state index contributed by atoms with van der Waals surface area (Å²) in [7, 11) is 1.31. The molecule has 6 nitrogen and oxygen atoms in total. The zero-order valence-electron chi connectivity index (χ0n) is 12.3. The third-order valence-electron chi connectivity index (χ3n) is 3.31. The minimum Gasteiger partial charge on any atom is -0.465 e. The highest BCUT2D eigenvalue weighted by atomic mass is 32.1. The molecule has 118 valence electrons. The van der Waals surface area contributed by atoms with Crippen LogP contribution in [0.15, 0.2) is 47.6 Å². The molecule has 1 aromatic heterocycles. The van der Waals surface area contributed by atoms with Gasteiger partial charge in [-0.2, -0.15) is 0 Å². The van der Waals surface area contributed by atoms with Crippen LogP contribution in [0.1, 0.15) is 21.7 Å². The van der Waals surface area contributed by atoms with Crippen LogP contribution in [0.4, 0.5) is 5.00 Å². The summed E-state index contributed by atoms with van der Waals surface area (Å²) in [6.45, 7) is 0. The molecule has 0 aliphatic carbocycles. The number of nitrogens with zero attached hydrogens (tertiary/aromatic N) is 1. The molecule has 3 rings (SSSR count). The van der Waals surface area contributed by atoms with Gasteiger partial charge in [0.1, 0.15) is 4.88 Å². The van der Waals surface area contributed by atoms with Gasteiger partial charge >= 0.3 is 5.97 Å². The number of nitrogens with one attached hydrogen (secondary N) is 1. The van der Waals surface area contributed by atoms with Gasteiger partial charge in [0.2, 0.25) is 6.10 Å². The zero-order chi connectivity index (χ0) is 16.2. The third-order valence-corrected chi connectivity index (χ3v) is 4.29. The molecule has 0 saturated carbocycles.